The van der Waals surface area contributed by atoms with Crippen LogP contribution < -0.4 is 10.6 Å². The van der Waals surface area contributed by atoms with Crippen LogP contribution in [-0.2, 0) is 27.3 Å². The third kappa shape index (κ3) is 4.91. The molecule has 2 amide bonds. The number of carbonyl (C=O) groups excluding carboxylic acids is 2. The van der Waals surface area contributed by atoms with Crippen LogP contribution in [0.5, 0.6) is 0 Å². The standard InChI is InChI=1S/C23H22FN5O3S/c24-16-5-3-14(4-6-16)22-27-28-23(29(22)12-18-2-1-9-32-18)33-13-21(31)25-17-7-8-19-15(10-17)11-20(30)26-19/h3-8,10,18H,1-2,9,11-13H2,(H,25,31)(H,26,30). The highest BCUT2D eigenvalue weighted by molar-refractivity contribution is 7.99. The van der Waals surface area contributed by atoms with Gasteiger partial charge in [0, 0.05) is 23.5 Å². The lowest BCUT2D eigenvalue weighted by Crippen LogP contribution is -2.18. The highest BCUT2D eigenvalue weighted by atomic mass is 32.2. The summed E-state index contributed by atoms with van der Waals surface area (Å²) in [6.07, 6.45) is 2.31. The minimum atomic E-state index is -0.318. The largest absolute Gasteiger partial charge is 0.376 e. The van der Waals surface area contributed by atoms with E-state index in [2.05, 4.69) is 20.8 Å². The summed E-state index contributed by atoms with van der Waals surface area (Å²) in [6, 6.07) is 11.5. The number of amides is 2. The molecule has 2 N–H and O–H groups in total. The van der Waals surface area contributed by atoms with Crippen molar-refractivity contribution >= 4 is 35.0 Å². The molecule has 1 atom stereocenters. The number of halogens is 1. The van der Waals surface area contributed by atoms with Crippen molar-refractivity contribution in [3.05, 3.63) is 53.8 Å². The maximum absolute atomic E-state index is 13.4. The molecule has 2 aliphatic rings. The molecule has 0 aliphatic carbocycles. The Balaban J connectivity index is 1.29. The first-order valence-electron chi connectivity index (χ1n) is 10.7. The summed E-state index contributed by atoms with van der Waals surface area (Å²) >= 11 is 1.28. The van der Waals surface area contributed by atoms with E-state index in [0.29, 0.717) is 29.6 Å². The summed E-state index contributed by atoms with van der Waals surface area (Å²) in [5.74, 6) is 0.200. The molecule has 1 fully saturated rings. The normalized spacial score (nSPS) is 17.1. The van der Waals surface area contributed by atoms with Gasteiger partial charge in [0.1, 0.15) is 5.82 Å². The fourth-order valence-corrected chi connectivity index (χ4v) is 4.75. The van der Waals surface area contributed by atoms with E-state index < -0.39 is 0 Å². The Morgan fingerprint density at radius 1 is 1.24 bits per heavy atom. The number of aromatic nitrogens is 3. The molecule has 33 heavy (non-hydrogen) atoms. The smallest absolute Gasteiger partial charge is 0.234 e. The molecule has 1 aromatic heterocycles. The van der Waals surface area contributed by atoms with Crippen molar-refractivity contribution < 1.29 is 18.7 Å². The Kier molecular flexibility index (Phi) is 6.10. The second-order valence-corrected chi connectivity index (χ2v) is 8.93. The van der Waals surface area contributed by atoms with Crippen molar-refractivity contribution in [3.63, 3.8) is 0 Å². The average molecular weight is 468 g/mol. The molecule has 2 aliphatic heterocycles. The minimum Gasteiger partial charge on any atom is -0.376 e. The second-order valence-electron chi connectivity index (χ2n) is 7.99. The van der Waals surface area contributed by atoms with Gasteiger partial charge in [0.15, 0.2) is 11.0 Å². The van der Waals surface area contributed by atoms with E-state index in [4.69, 9.17) is 4.74 Å². The van der Waals surface area contributed by atoms with Crippen LogP contribution in [0.15, 0.2) is 47.6 Å². The van der Waals surface area contributed by atoms with Crippen LogP contribution in [-0.4, -0.2) is 45.0 Å². The number of benzene rings is 2. The minimum absolute atomic E-state index is 0.0495. The highest BCUT2D eigenvalue weighted by Crippen LogP contribution is 2.28. The summed E-state index contributed by atoms with van der Waals surface area (Å²) in [5.41, 5.74) is 3.04. The lowest BCUT2D eigenvalue weighted by molar-refractivity contribution is -0.115. The predicted octanol–water partition coefficient (Wildman–Crippen LogP) is 3.49. The van der Waals surface area contributed by atoms with Crippen LogP contribution in [0.4, 0.5) is 15.8 Å². The van der Waals surface area contributed by atoms with Crippen LogP contribution in [0.2, 0.25) is 0 Å². The first-order valence-corrected chi connectivity index (χ1v) is 11.7. The lowest BCUT2D eigenvalue weighted by Gasteiger charge is -2.14. The maximum atomic E-state index is 13.4. The number of anilines is 2. The van der Waals surface area contributed by atoms with Gasteiger partial charge in [-0.2, -0.15) is 0 Å². The SMILES string of the molecule is O=C(CSc1nnc(-c2ccc(F)cc2)n1CC1CCCO1)Nc1ccc2c(c1)CC(=O)N2. The molecule has 0 spiro atoms. The Bertz CT molecular complexity index is 1190. The predicted molar refractivity (Wildman–Crippen MR) is 123 cm³/mol. The van der Waals surface area contributed by atoms with Gasteiger partial charge in [-0.15, -0.1) is 10.2 Å². The van der Waals surface area contributed by atoms with Crippen LogP contribution in [0, 0.1) is 5.82 Å². The molecule has 5 rings (SSSR count). The summed E-state index contributed by atoms with van der Waals surface area (Å²) in [4.78, 5) is 24.1. The number of ether oxygens (including phenoxy) is 1. The molecule has 1 saturated heterocycles. The number of nitrogens with zero attached hydrogens (tertiary/aromatic N) is 3. The van der Waals surface area contributed by atoms with Crippen molar-refractivity contribution in [2.45, 2.75) is 37.1 Å². The third-order valence-corrected chi connectivity index (χ3v) is 6.54. The van der Waals surface area contributed by atoms with Gasteiger partial charge in [-0.05, 0) is 60.9 Å². The number of thioether (sulfide) groups is 1. The zero-order valence-corrected chi connectivity index (χ0v) is 18.5. The quantitative estimate of drug-likeness (QED) is 0.516. The Morgan fingerprint density at radius 2 is 2.09 bits per heavy atom. The summed E-state index contributed by atoms with van der Waals surface area (Å²) < 4.78 is 21.1. The summed E-state index contributed by atoms with van der Waals surface area (Å²) in [7, 11) is 0. The van der Waals surface area contributed by atoms with Crippen LogP contribution in [0.1, 0.15) is 18.4 Å². The zero-order chi connectivity index (χ0) is 22.8. The average Bonchev–Trinajstić information content (AvgIpc) is 3.53. The van der Waals surface area contributed by atoms with Crippen molar-refractivity contribution in [1.29, 1.82) is 0 Å². The molecule has 0 bridgehead atoms. The molecule has 8 nitrogen and oxygen atoms in total. The first kappa shape index (κ1) is 21.6. The Morgan fingerprint density at radius 3 is 2.88 bits per heavy atom. The zero-order valence-electron chi connectivity index (χ0n) is 17.7. The number of hydrogen-bond donors (Lipinski definition) is 2. The molecule has 3 heterocycles. The lowest BCUT2D eigenvalue weighted by atomic mass is 10.1. The number of fused-ring (bicyclic) bond motifs is 1. The molecule has 0 saturated carbocycles. The number of nitrogens with one attached hydrogen (secondary N) is 2. The van der Waals surface area contributed by atoms with Gasteiger partial charge in [-0.3, -0.25) is 14.2 Å². The van der Waals surface area contributed by atoms with E-state index in [9.17, 15) is 14.0 Å². The van der Waals surface area contributed by atoms with E-state index >= 15 is 0 Å². The maximum Gasteiger partial charge on any atom is 0.234 e. The molecule has 3 aromatic rings. The van der Waals surface area contributed by atoms with Gasteiger partial charge in [-0.1, -0.05) is 11.8 Å². The van der Waals surface area contributed by atoms with Crippen LogP contribution in [0.3, 0.4) is 0 Å². The van der Waals surface area contributed by atoms with Crippen LogP contribution in [0.25, 0.3) is 11.4 Å². The van der Waals surface area contributed by atoms with Gasteiger partial charge < -0.3 is 15.4 Å². The monoisotopic (exact) mass is 467 g/mol. The van der Waals surface area contributed by atoms with E-state index in [-0.39, 0.29) is 29.5 Å². The molecular formula is C23H22FN5O3S. The highest BCUT2D eigenvalue weighted by Gasteiger charge is 2.23. The van der Waals surface area contributed by atoms with Crippen molar-refractivity contribution in [2.24, 2.45) is 0 Å². The van der Waals surface area contributed by atoms with Gasteiger partial charge >= 0.3 is 0 Å². The van der Waals surface area contributed by atoms with Crippen molar-refractivity contribution in [3.8, 4) is 11.4 Å². The van der Waals surface area contributed by atoms with Gasteiger partial charge in [0.25, 0.3) is 0 Å². The van der Waals surface area contributed by atoms with Crippen molar-refractivity contribution in [1.82, 2.24) is 14.8 Å². The fraction of sp³-hybridized carbons (Fsp3) is 0.304. The molecule has 170 valence electrons. The Labute approximate surface area is 193 Å². The fourth-order valence-electron chi connectivity index (χ4n) is 4.00. The van der Waals surface area contributed by atoms with E-state index in [1.165, 1.54) is 23.9 Å². The molecular weight excluding hydrogens is 445 g/mol. The van der Waals surface area contributed by atoms with Gasteiger partial charge in [-0.25, -0.2) is 4.39 Å². The van der Waals surface area contributed by atoms with Gasteiger partial charge in [0.2, 0.25) is 11.8 Å². The van der Waals surface area contributed by atoms with E-state index in [1.807, 2.05) is 10.6 Å². The van der Waals surface area contributed by atoms with Crippen LogP contribution >= 0.6 is 11.8 Å². The summed E-state index contributed by atoms with van der Waals surface area (Å²) in [5, 5.41) is 14.8. The molecule has 0 radical (unpaired) electrons. The first-order chi connectivity index (χ1) is 16.0. The molecule has 1 unspecified atom stereocenters. The third-order valence-electron chi connectivity index (χ3n) is 5.58. The Hall–Kier alpha value is -3.24. The summed E-state index contributed by atoms with van der Waals surface area (Å²) in [6.45, 7) is 1.29. The number of hydrogen-bond acceptors (Lipinski definition) is 6. The second kappa shape index (κ2) is 9.32. The van der Waals surface area contributed by atoms with E-state index in [1.54, 1.807) is 24.3 Å². The number of rotatable bonds is 7. The van der Waals surface area contributed by atoms with Crippen molar-refractivity contribution in [2.75, 3.05) is 23.0 Å². The number of carbonyl (C=O) groups is 2. The van der Waals surface area contributed by atoms with Gasteiger partial charge in [0.05, 0.1) is 24.8 Å². The topological polar surface area (TPSA) is 98.1 Å². The molecule has 10 heteroatoms. The van der Waals surface area contributed by atoms with E-state index in [0.717, 1.165) is 36.3 Å². The molecule has 2 aromatic carbocycles.